The van der Waals surface area contributed by atoms with Gasteiger partial charge in [-0.3, -0.25) is 0 Å². The molecule has 2 nitrogen and oxygen atoms in total. The Bertz CT molecular complexity index is 353. The van der Waals surface area contributed by atoms with Gasteiger partial charge in [0.25, 0.3) is 0 Å². The van der Waals surface area contributed by atoms with Crippen LogP contribution in [0.4, 0.5) is 5.69 Å². The van der Waals surface area contributed by atoms with Gasteiger partial charge in [-0.1, -0.05) is 0 Å². The Kier molecular flexibility index (Phi) is 2.78. The number of nitrogens with one attached hydrogen (secondary N) is 1. The summed E-state index contributed by atoms with van der Waals surface area (Å²) in [6, 6.07) is 6.38. The number of fused-ring (bicyclic) bond motifs is 1. The van der Waals surface area contributed by atoms with Gasteiger partial charge in [-0.25, -0.2) is 0 Å². The number of halogens is 1. The van der Waals surface area contributed by atoms with Crippen molar-refractivity contribution in [1.82, 2.24) is 0 Å². The predicted molar refractivity (Wildman–Crippen MR) is 50.4 cm³/mol. The third kappa shape index (κ3) is 1.99. The first kappa shape index (κ1) is 9.33. The van der Waals surface area contributed by atoms with Crippen molar-refractivity contribution in [3.05, 3.63) is 21.8 Å². The van der Waals surface area contributed by atoms with E-state index in [1.807, 2.05) is 0 Å². The average Bonchev–Trinajstić information content (AvgIpc) is 2.16. The molecule has 1 aliphatic rings. The van der Waals surface area contributed by atoms with Crippen LogP contribution in [0.15, 0.2) is 23.1 Å². The Hall–Kier alpha value is -0.230. The molecule has 1 aromatic rings. The number of thioether (sulfide) groups is 1. The SMILES string of the molecule is C[I-]c1ccc2c(c1)NC(=O)CS2. The summed E-state index contributed by atoms with van der Waals surface area (Å²) < 4.78 is 1.38. The summed E-state index contributed by atoms with van der Waals surface area (Å²) in [7, 11) is 0. The van der Waals surface area contributed by atoms with E-state index in [1.54, 1.807) is 11.8 Å². The molecule has 2 rings (SSSR count). The van der Waals surface area contributed by atoms with Crippen molar-refractivity contribution in [2.75, 3.05) is 16.0 Å². The van der Waals surface area contributed by atoms with E-state index in [-0.39, 0.29) is 27.1 Å². The Morgan fingerprint density at radius 1 is 1.54 bits per heavy atom. The summed E-state index contributed by atoms with van der Waals surface area (Å²) in [5.74, 6) is 0.664. The molecule has 0 saturated carbocycles. The monoisotopic (exact) mass is 306 g/mol. The van der Waals surface area contributed by atoms with Crippen LogP contribution >= 0.6 is 11.8 Å². The Labute approximate surface area is 91.7 Å². The second-order valence-corrected chi connectivity index (χ2v) is 6.01. The van der Waals surface area contributed by atoms with E-state index in [1.165, 1.54) is 8.47 Å². The van der Waals surface area contributed by atoms with Crippen LogP contribution in [0.25, 0.3) is 0 Å². The van der Waals surface area contributed by atoms with E-state index in [4.69, 9.17) is 0 Å². The first-order chi connectivity index (χ1) is 6.29. The molecule has 0 spiro atoms. The molecular weight excluding hydrogens is 297 g/mol. The maximum absolute atomic E-state index is 11.1. The minimum absolute atomic E-state index is 0.115. The van der Waals surface area contributed by atoms with Crippen LogP contribution < -0.4 is 26.5 Å². The molecule has 1 heterocycles. The molecule has 1 aromatic carbocycles. The van der Waals surface area contributed by atoms with E-state index in [0.29, 0.717) is 5.75 Å². The summed E-state index contributed by atoms with van der Waals surface area (Å²) in [4.78, 5) is 14.5. The Morgan fingerprint density at radius 2 is 2.38 bits per heavy atom. The molecule has 4 heteroatoms. The molecule has 0 bridgehead atoms. The molecule has 0 radical (unpaired) electrons. The number of carbonyl (C=O) groups is 1. The van der Waals surface area contributed by atoms with E-state index >= 15 is 0 Å². The molecule has 13 heavy (non-hydrogen) atoms. The van der Waals surface area contributed by atoms with Gasteiger partial charge in [0.1, 0.15) is 0 Å². The van der Waals surface area contributed by atoms with Crippen LogP contribution in [0, 0.1) is 3.57 Å². The Morgan fingerprint density at radius 3 is 3.15 bits per heavy atom. The molecular formula is C9H9INOS-. The van der Waals surface area contributed by atoms with Gasteiger partial charge in [-0.2, -0.15) is 0 Å². The average molecular weight is 306 g/mol. The predicted octanol–water partition coefficient (Wildman–Crippen LogP) is -1.38. The van der Waals surface area contributed by atoms with Crippen molar-refractivity contribution in [3.63, 3.8) is 0 Å². The molecule has 70 valence electrons. The van der Waals surface area contributed by atoms with Gasteiger partial charge >= 0.3 is 92.0 Å². The molecule has 0 aliphatic carbocycles. The van der Waals surface area contributed by atoms with Gasteiger partial charge in [0.05, 0.1) is 0 Å². The number of alkyl halides is 1. The third-order valence-corrected chi connectivity index (χ3v) is 4.78. The second kappa shape index (κ2) is 3.88. The third-order valence-electron chi connectivity index (χ3n) is 1.79. The zero-order valence-electron chi connectivity index (χ0n) is 7.13. The van der Waals surface area contributed by atoms with Crippen molar-refractivity contribution in [3.8, 4) is 0 Å². The van der Waals surface area contributed by atoms with E-state index in [0.717, 1.165) is 5.69 Å². The maximum atomic E-state index is 11.1. The van der Waals surface area contributed by atoms with Gasteiger partial charge < -0.3 is 0 Å². The molecule has 0 aromatic heterocycles. The summed E-state index contributed by atoms with van der Waals surface area (Å²) >= 11 is 1.73. The second-order valence-electron chi connectivity index (χ2n) is 2.67. The Balaban J connectivity index is 2.38. The number of rotatable bonds is 1. The van der Waals surface area contributed by atoms with Gasteiger partial charge in [0.2, 0.25) is 0 Å². The molecule has 1 amide bonds. The number of anilines is 1. The van der Waals surface area contributed by atoms with Crippen LogP contribution in [0.3, 0.4) is 0 Å². The van der Waals surface area contributed by atoms with Crippen LogP contribution in [-0.4, -0.2) is 16.6 Å². The first-order valence-electron chi connectivity index (χ1n) is 3.86. The summed E-state index contributed by atoms with van der Waals surface area (Å²) in [6.07, 6.45) is 0. The quantitative estimate of drug-likeness (QED) is 0.512. The van der Waals surface area contributed by atoms with Crippen molar-refractivity contribution in [1.29, 1.82) is 0 Å². The first-order valence-corrected chi connectivity index (χ1v) is 8.08. The van der Waals surface area contributed by atoms with Gasteiger partial charge in [0.15, 0.2) is 0 Å². The molecule has 0 atom stereocenters. The standard InChI is InChI=1S/C9H9INOS/c1-10-6-2-3-8-7(4-6)11-9(12)5-13-8/h2-4H,5H2,1H3,(H,11,12)/q-1. The fourth-order valence-electron chi connectivity index (χ4n) is 1.17. The van der Waals surface area contributed by atoms with Gasteiger partial charge in [-0.05, 0) is 0 Å². The van der Waals surface area contributed by atoms with Crippen molar-refractivity contribution < 1.29 is 26.0 Å². The van der Waals surface area contributed by atoms with Crippen LogP contribution in [-0.2, 0) is 4.79 Å². The number of hydrogen-bond donors (Lipinski definition) is 1. The fourth-order valence-corrected chi connectivity index (χ4v) is 3.12. The minimum atomic E-state index is 0.115. The van der Waals surface area contributed by atoms with Crippen LogP contribution in [0.5, 0.6) is 0 Å². The van der Waals surface area contributed by atoms with E-state index in [9.17, 15) is 4.79 Å². The van der Waals surface area contributed by atoms with Crippen molar-refractivity contribution in [2.45, 2.75) is 4.90 Å². The number of carbonyl (C=O) groups excluding carboxylic acids is 1. The fraction of sp³-hybridized carbons (Fsp3) is 0.222. The van der Waals surface area contributed by atoms with Crippen molar-refractivity contribution in [2.24, 2.45) is 0 Å². The molecule has 0 saturated heterocycles. The number of benzene rings is 1. The van der Waals surface area contributed by atoms with Gasteiger partial charge in [0, 0.05) is 0 Å². The normalized spacial score (nSPS) is 15.3. The number of hydrogen-bond acceptors (Lipinski definition) is 2. The van der Waals surface area contributed by atoms with E-state index in [2.05, 4.69) is 28.4 Å². The van der Waals surface area contributed by atoms with E-state index < -0.39 is 0 Å². The zero-order valence-corrected chi connectivity index (χ0v) is 10.1. The van der Waals surface area contributed by atoms with Crippen LogP contribution in [0.1, 0.15) is 0 Å². The van der Waals surface area contributed by atoms with Crippen LogP contribution in [0.2, 0.25) is 0 Å². The number of amides is 1. The molecule has 0 unspecified atom stereocenters. The summed E-state index contributed by atoms with van der Waals surface area (Å²) in [6.45, 7) is 0. The summed E-state index contributed by atoms with van der Waals surface area (Å²) in [5.41, 5.74) is 1.00. The van der Waals surface area contributed by atoms with Gasteiger partial charge in [-0.15, -0.1) is 0 Å². The molecule has 0 fully saturated rings. The van der Waals surface area contributed by atoms with Crippen molar-refractivity contribution >= 4 is 23.4 Å². The topological polar surface area (TPSA) is 29.1 Å². The zero-order chi connectivity index (χ0) is 9.26. The summed E-state index contributed by atoms with van der Waals surface area (Å²) in [5, 5.41) is 2.89. The molecule has 1 aliphatic heterocycles. The molecule has 1 N–H and O–H groups in total.